The summed E-state index contributed by atoms with van der Waals surface area (Å²) in [5.74, 6) is 0.0125. The number of amides is 1. The highest BCUT2D eigenvalue weighted by atomic mass is 16.2. The monoisotopic (exact) mass is 272 g/mol. The molecule has 0 saturated carbocycles. The summed E-state index contributed by atoms with van der Waals surface area (Å²) in [5.41, 5.74) is 0.618. The summed E-state index contributed by atoms with van der Waals surface area (Å²) >= 11 is 0. The van der Waals surface area contributed by atoms with Crippen LogP contribution in [0.5, 0.6) is 0 Å². The van der Waals surface area contributed by atoms with E-state index in [0.29, 0.717) is 6.54 Å². The molecule has 0 spiro atoms. The molecule has 5 heteroatoms. The summed E-state index contributed by atoms with van der Waals surface area (Å²) in [6.07, 6.45) is 3.27. The number of benzene rings is 1. The minimum atomic E-state index is -0.426. The van der Waals surface area contributed by atoms with Gasteiger partial charge in [-0.15, -0.1) is 0 Å². The van der Waals surface area contributed by atoms with Gasteiger partial charge in [0.2, 0.25) is 5.91 Å². The molecule has 1 amide bonds. The van der Waals surface area contributed by atoms with E-state index >= 15 is 0 Å². The van der Waals surface area contributed by atoms with Gasteiger partial charge in [-0.2, -0.15) is 15.0 Å². The van der Waals surface area contributed by atoms with Crippen molar-refractivity contribution >= 4 is 5.91 Å². The van der Waals surface area contributed by atoms with Crippen molar-refractivity contribution in [2.24, 2.45) is 5.41 Å². The molecule has 20 heavy (non-hydrogen) atoms. The van der Waals surface area contributed by atoms with Gasteiger partial charge in [0.25, 0.3) is 0 Å². The van der Waals surface area contributed by atoms with Gasteiger partial charge in [-0.1, -0.05) is 51.1 Å². The van der Waals surface area contributed by atoms with Crippen molar-refractivity contribution in [3.05, 3.63) is 48.3 Å². The molecule has 1 aromatic heterocycles. The minimum absolute atomic E-state index is 0.0125. The predicted octanol–water partition coefficient (Wildman–Crippen LogP) is 2.18. The van der Waals surface area contributed by atoms with Crippen LogP contribution in [0.1, 0.15) is 32.4 Å². The number of carbonyl (C=O) groups excluding carboxylic acids is 1. The molecule has 1 N–H and O–H groups in total. The molecule has 1 aromatic carbocycles. The average Bonchev–Trinajstić information content (AvgIpc) is 2.91. The lowest BCUT2D eigenvalue weighted by Gasteiger charge is -2.24. The normalized spacial score (nSPS) is 12.9. The summed E-state index contributed by atoms with van der Waals surface area (Å²) in [6.45, 7) is 6.21. The third-order valence-corrected chi connectivity index (χ3v) is 3.00. The van der Waals surface area contributed by atoms with Gasteiger partial charge >= 0.3 is 0 Å². The van der Waals surface area contributed by atoms with Crippen molar-refractivity contribution in [3.8, 4) is 0 Å². The standard InChI is InChI=1S/C15H20N4O/c1-15(2,3)14(20)18-13(11-19-16-9-10-17-19)12-7-5-4-6-8-12/h4-10,13H,11H2,1-3H3,(H,18,20)/t13-/m1/s1. The molecule has 106 valence electrons. The highest BCUT2D eigenvalue weighted by Crippen LogP contribution is 2.19. The fraction of sp³-hybridized carbons (Fsp3) is 0.400. The lowest BCUT2D eigenvalue weighted by atomic mass is 9.94. The van der Waals surface area contributed by atoms with Crippen LogP contribution in [0.3, 0.4) is 0 Å². The lowest BCUT2D eigenvalue weighted by Crippen LogP contribution is -2.39. The van der Waals surface area contributed by atoms with E-state index in [1.165, 1.54) is 0 Å². The van der Waals surface area contributed by atoms with Crippen LogP contribution >= 0.6 is 0 Å². The molecule has 0 aliphatic carbocycles. The highest BCUT2D eigenvalue weighted by molar-refractivity contribution is 5.81. The number of aromatic nitrogens is 3. The van der Waals surface area contributed by atoms with Crippen LogP contribution in [0.25, 0.3) is 0 Å². The maximum Gasteiger partial charge on any atom is 0.225 e. The van der Waals surface area contributed by atoms with E-state index < -0.39 is 5.41 Å². The van der Waals surface area contributed by atoms with E-state index in [-0.39, 0.29) is 11.9 Å². The molecule has 1 atom stereocenters. The fourth-order valence-corrected chi connectivity index (χ4v) is 1.80. The molecule has 0 saturated heterocycles. The molecule has 0 aliphatic heterocycles. The maximum atomic E-state index is 12.2. The third-order valence-electron chi connectivity index (χ3n) is 3.00. The van der Waals surface area contributed by atoms with Crippen LogP contribution in [0, 0.1) is 5.41 Å². The second-order valence-corrected chi connectivity index (χ2v) is 5.77. The Hall–Kier alpha value is -2.17. The van der Waals surface area contributed by atoms with E-state index in [4.69, 9.17) is 0 Å². The highest BCUT2D eigenvalue weighted by Gasteiger charge is 2.25. The van der Waals surface area contributed by atoms with Gasteiger partial charge in [0, 0.05) is 5.41 Å². The van der Waals surface area contributed by atoms with Gasteiger partial charge in [-0.25, -0.2) is 0 Å². The number of rotatable bonds is 4. The second-order valence-electron chi connectivity index (χ2n) is 5.77. The Labute approximate surface area is 119 Å². The van der Waals surface area contributed by atoms with E-state index in [9.17, 15) is 4.79 Å². The predicted molar refractivity (Wildman–Crippen MR) is 76.8 cm³/mol. The Balaban J connectivity index is 2.18. The van der Waals surface area contributed by atoms with Gasteiger partial charge in [0.15, 0.2) is 0 Å². The van der Waals surface area contributed by atoms with Crippen LogP contribution in [-0.2, 0) is 11.3 Å². The van der Waals surface area contributed by atoms with Crippen LogP contribution in [-0.4, -0.2) is 20.9 Å². The number of nitrogens with zero attached hydrogens (tertiary/aromatic N) is 3. The van der Waals surface area contributed by atoms with E-state index in [1.54, 1.807) is 17.2 Å². The number of nitrogens with one attached hydrogen (secondary N) is 1. The summed E-state index contributed by atoms with van der Waals surface area (Å²) < 4.78 is 0. The van der Waals surface area contributed by atoms with Crippen LogP contribution < -0.4 is 5.32 Å². The Morgan fingerprint density at radius 1 is 1.20 bits per heavy atom. The SMILES string of the molecule is CC(C)(C)C(=O)N[C@H](Cn1nccn1)c1ccccc1. The number of hydrogen-bond donors (Lipinski definition) is 1. The summed E-state index contributed by atoms with van der Waals surface area (Å²) in [4.78, 5) is 13.8. The molecule has 1 heterocycles. The Morgan fingerprint density at radius 3 is 2.35 bits per heavy atom. The van der Waals surface area contributed by atoms with Crippen molar-refractivity contribution in [3.63, 3.8) is 0 Å². The summed E-state index contributed by atoms with van der Waals surface area (Å²) in [6, 6.07) is 9.73. The maximum absolute atomic E-state index is 12.2. The molecular weight excluding hydrogens is 252 g/mol. The first-order chi connectivity index (χ1) is 9.47. The van der Waals surface area contributed by atoms with Crippen LogP contribution in [0.4, 0.5) is 0 Å². The van der Waals surface area contributed by atoms with Crippen molar-refractivity contribution in [1.82, 2.24) is 20.3 Å². The van der Waals surface area contributed by atoms with E-state index in [0.717, 1.165) is 5.56 Å². The molecule has 0 unspecified atom stereocenters. The first-order valence-electron chi connectivity index (χ1n) is 6.67. The fourth-order valence-electron chi connectivity index (χ4n) is 1.80. The van der Waals surface area contributed by atoms with Gasteiger partial charge in [-0.3, -0.25) is 4.79 Å². The minimum Gasteiger partial charge on any atom is -0.347 e. The number of carbonyl (C=O) groups is 1. The first kappa shape index (κ1) is 14.2. The van der Waals surface area contributed by atoms with Gasteiger partial charge in [-0.05, 0) is 5.56 Å². The third kappa shape index (κ3) is 3.66. The molecule has 0 aliphatic rings. The van der Waals surface area contributed by atoms with Crippen molar-refractivity contribution in [2.45, 2.75) is 33.4 Å². The van der Waals surface area contributed by atoms with E-state index in [1.807, 2.05) is 51.1 Å². The molecule has 0 fully saturated rings. The Morgan fingerprint density at radius 2 is 1.80 bits per heavy atom. The van der Waals surface area contributed by atoms with Gasteiger partial charge < -0.3 is 5.32 Å². The molecular formula is C15H20N4O. The quantitative estimate of drug-likeness (QED) is 0.928. The summed E-state index contributed by atoms with van der Waals surface area (Å²) in [5, 5.41) is 11.3. The lowest BCUT2D eigenvalue weighted by molar-refractivity contribution is -0.129. The number of hydrogen-bond acceptors (Lipinski definition) is 3. The summed E-state index contributed by atoms with van der Waals surface area (Å²) in [7, 11) is 0. The van der Waals surface area contributed by atoms with Crippen molar-refractivity contribution in [2.75, 3.05) is 0 Å². The van der Waals surface area contributed by atoms with Crippen molar-refractivity contribution < 1.29 is 4.79 Å². The average molecular weight is 272 g/mol. The van der Waals surface area contributed by atoms with E-state index in [2.05, 4.69) is 15.5 Å². The molecule has 2 aromatic rings. The largest absolute Gasteiger partial charge is 0.347 e. The first-order valence-corrected chi connectivity index (χ1v) is 6.67. The zero-order chi connectivity index (χ0) is 14.6. The zero-order valence-electron chi connectivity index (χ0n) is 12.1. The molecule has 0 bridgehead atoms. The topological polar surface area (TPSA) is 59.8 Å². The van der Waals surface area contributed by atoms with Crippen molar-refractivity contribution in [1.29, 1.82) is 0 Å². The second kappa shape index (κ2) is 5.86. The Kier molecular flexibility index (Phi) is 4.17. The van der Waals surface area contributed by atoms with Gasteiger partial charge in [0.05, 0.1) is 25.0 Å². The van der Waals surface area contributed by atoms with Gasteiger partial charge in [0.1, 0.15) is 0 Å². The molecule has 2 rings (SSSR count). The van der Waals surface area contributed by atoms with Crippen LogP contribution in [0.15, 0.2) is 42.7 Å². The Bertz CT molecular complexity index is 543. The molecule has 5 nitrogen and oxygen atoms in total. The smallest absolute Gasteiger partial charge is 0.225 e. The zero-order valence-corrected chi connectivity index (χ0v) is 12.1. The molecule has 0 radical (unpaired) electrons. The van der Waals surface area contributed by atoms with Crippen LogP contribution in [0.2, 0.25) is 0 Å².